The number of aromatic nitrogens is 4. The number of likely N-dealkylation sites (N-methyl/N-ethyl adjacent to an activating group) is 1. The highest BCUT2D eigenvalue weighted by molar-refractivity contribution is 7.13. The molecule has 2 fully saturated rings. The number of carbonyl (C=O) groups excluding carboxylic acids is 3. The lowest BCUT2D eigenvalue weighted by molar-refractivity contribution is -0.266. The maximum absolute atomic E-state index is 17.0. The third kappa shape index (κ3) is 10.9. The molecule has 0 spiro atoms. The summed E-state index contributed by atoms with van der Waals surface area (Å²) in [6.45, 7) is 16.8. The number of ketones is 1. The number of ether oxygens (including phenoxy) is 5. The number of hydrogen-bond donors (Lipinski definition) is 2. The Morgan fingerprint density at radius 1 is 1.12 bits per heavy atom. The van der Waals surface area contributed by atoms with Gasteiger partial charge in [0.1, 0.15) is 22.9 Å². The fraction of sp³-hybridized carbons (Fsp3) is 0.805. The van der Waals surface area contributed by atoms with E-state index in [0.29, 0.717) is 51.0 Å². The van der Waals surface area contributed by atoms with Crippen LogP contribution in [0.3, 0.4) is 0 Å². The van der Waals surface area contributed by atoms with Crippen LogP contribution in [0.2, 0.25) is 0 Å². The third-order valence-corrected chi connectivity index (χ3v) is 12.9. The molecule has 0 radical (unpaired) electrons. The Bertz CT molecular complexity index is 1670. The molecule has 16 nitrogen and oxygen atoms in total. The smallest absolute Gasteiger partial charge is 0.410 e. The van der Waals surface area contributed by atoms with Gasteiger partial charge in [0.05, 0.1) is 23.9 Å². The zero-order valence-corrected chi connectivity index (χ0v) is 37.8. The number of nitrogens with one attached hydrogen (secondary N) is 1. The molecular formula is C41H68FN7O9S. The van der Waals surface area contributed by atoms with E-state index in [-0.39, 0.29) is 25.0 Å². The quantitative estimate of drug-likeness (QED) is 0.101. The average Bonchev–Trinajstić information content (AvgIpc) is 3.95. The molecule has 334 valence electrons. The number of amides is 1. The van der Waals surface area contributed by atoms with Crippen LogP contribution in [0.1, 0.15) is 94.4 Å². The summed E-state index contributed by atoms with van der Waals surface area (Å²) in [6, 6.07) is -1.40. The van der Waals surface area contributed by atoms with Gasteiger partial charge in [-0.3, -0.25) is 14.4 Å². The molecule has 4 heterocycles. The van der Waals surface area contributed by atoms with E-state index in [1.54, 1.807) is 43.5 Å². The monoisotopic (exact) mass is 853 g/mol. The molecule has 12 atom stereocenters. The molecule has 0 saturated carbocycles. The summed E-state index contributed by atoms with van der Waals surface area (Å²) in [6.07, 6.45) is 0.680. The number of cyclic esters (lactones) is 1. The molecule has 0 aromatic carbocycles. The number of nitrogens with zero attached hydrogens (tertiary/aromatic N) is 6. The molecule has 0 bridgehead atoms. The second-order valence-electron chi connectivity index (χ2n) is 16.9. The van der Waals surface area contributed by atoms with Gasteiger partial charge in [-0.1, -0.05) is 32.9 Å². The molecule has 4 rings (SSSR count). The zero-order chi connectivity index (χ0) is 43.9. The van der Waals surface area contributed by atoms with Crippen molar-refractivity contribution < 1.29 is 47.6 Å². The number of esters is 1. The normalized spacial score (nSPS) is 32.9. The van der Waals surface area contributed by atoms with Crippen molar-refractivity contribution in [1.82, 2.24) is 35.1 Å². The first kappa shape index (κ1) is 48.5. The van der Waals surface area contributed by atoms with Gasteiger partial charge in [-0.25, -0.2) is 19.0 Å². The van der Waals surface area contributed by atoms with Crippen molar-refractivity contribution in [3.05, 3.63) is 17.8 Å². The summed E-state index contributed by atoms with van der Waals surface area (Å²) in [7, 11) is 5.17. The van der Waals surface area contributed by atoms with Crippen LogP contribution in [0.5, 0.6) is 0 Å². The number of methoxy groups -OCH3 is 1. The number of fused-ring (bicyclic) bond motifs is 1. The van der Waals surface area contributed by atoms with Crippen LogP contribution >= 0.6 is 11.3 Å². The van der Waals surface area contributed by atoms with Crippen molar-refractivity contribution in [2.45, 2.75) is 161 Å². The number of thiazole rings is 1. The molecule has 0 aliphatic carbocycles. The van der Waals surface area contributed by atoms with Gasteiger partial charge in [-0.15, -0.1) is 16.4 Å². The summed E-state index contributed by atoms with van der Waals surface area (Å²) in [5.74, 6) is -3.88. The minimum atomic E-state index is -3.14. The van der Waals surface area contributed by atoms with Crippen molar-refractivity contribution in [2.75, 3.05) is 40.9 Å². The lowest BCUT2D eigenvalue weighted by Crippen LogP contribution is -2.61. The number of halogens is 1. The van der Waals surface area contributed by atoms with Gasteiger partial charge in [-0.2, -0.15) is 0 Å². The lowest BCUT2D eigenvalue weighted by Gasteiger charge is -2.44. The molecule has 3 unspecified atom stereocenters. The second kappa shape index (κ2) is 20.6. The van der Waals surface area contributed by atoms with E-state index >= 15 is 4.39 Å². The Labute approximate surface area is 352 Å². The average molecular weight is 854 g/mol. The number of hydrogen-bond acceptors (Lipinski definition) is 15. The van der Waals surface area contributed by atoms with Crippen LogP contribution in [0.25, 0.3) is 10.7 Å². The van der Waals surface area contributed by atoms with Crippen molar-refractivity contribution in [2.24, 2.45) is 11.8 Å². The summed E-state index contributed by atoms with van der Waals surface area (Å²) >= 11 is 1.48. The van der Waals surface area contributed by atoms with E-state index in [9.17, 15) is 19.5 Å². The van der Waals surface area contributed by atoms with E-state index in [0.717, 1.165) is 11.9 Å². The number of rotatable bonds is 16. The molecule has 18 heteroatoms. The molecule has 1 amide bonds. The Morgan fingerprint density at radius 3 is 2.41 bits per heavy atom. The summed E-state index contributed by atoms with van der Waals surface area (Å²) < 4.78 is 49.5. The zero-order valence-electron chi connectivity index (χ0n) is 37.0. The number of alkyl halides is 1. The minimum Gasteiger partial charge on any atom is -0.455 e. The van der Waals surface area contributed by atoms with Crippen LogP contribution in [0, 0.1) is 11.8 Å². The van der Waals surface area contributed by atoms with Gasteiger partial charge in [0.15, 0.2) is 17.7 Å². The Balaban J connectivity index is 1.65. The summed E-state index contributed by atoms with van der Waals surface area (Å²) in [5, 5.41) is 26.3. The van der Waals surface area contributed by atoms with Crippen molar-refractivity contribution >= 4 is 29.2 Å². The number of aliphatic hydroxyl groups is 1. The highest BCUT2D eigenvalue weighted by Gasteiger charge is 2.60. The first-order chi connectivity index (χ1) is 27.8. The van der Waals surface area contributed by atoms with Crippen LogP contribution in [-0.2, 0) is 39.8 Å². The van der Waals surface area contributed by atoms with Gasteiger partial charge in [0.25, 0.3) is 5.67 Å². The first-order valence-electron chi connectivity index (χ1n) is 20.9. The van der Waals surface area contributed by atoms with Gasteiger partial charge in [0, 0.05) is 56.4 Å². The predicted octanol–water partition coefficient (Wildman–Crippen LogP) is 4.89. The number of unbranched alkanes of at least 4 members (excludes halogenated alkanes) is 1. The van der Waals surface area contributed by atoms with Crippen LogP contribution in [0.15, 0.2) is 17.8 Å². The molecule has 59 heavy (non-hydrogen) atoms. The lowest BCUT2D eigenvalue weighted by atomic mass is 9.78. The Kier molecular flexibility index (Phi) is 17.0. The first-order valence-corrected chi connectivity index (χ1v) is 21.8. The van der Waals surface area contributed by atoms with E-state index in [2.05, 4.69) is 20.6 Å². The van der Waals surface area contributed by atoms with Crippen LogP contribution in [-0.4, -0.2) is 153 Å². The minimum absolute atomic E-state index is 0.118. The maximum Gasteiger partial charge on any atom is 0.410 e. The van der Waals surface area contributed by atoms with Crippen molar-refractivity contribution in [1.29, 1.82) is 0 Å². The van der Waals surface area contributed by atoms with Gasteiger partial charge in [0.2, 0.25) is 0 Å². The molecule has 2 N–H and O–H groups in total. The highest BCUT2D eigenvalue weighted by Crippen LogP contribution is 2.40. The van der Waals surface area contributed by atoms with Crippen LogP contribution < -0.4 is 5.32 Å². The summed E-state index contributed by atoms with van der Waals surface area (Å²) in [4.78, 5) is 49.9. The number of aryl methyl sites for hydroxylation is 1. The van der Waals surface area contributed by atoms with E-state index < -0.39 is 77.3 Å². The maximum atomic E-state index is 17.0. The third-order valence-electron chi connectivity index (χ3n) is 12.1. The van der Waals surface area contributed by atoms with Crippen molar-refractivity contribution in [3.63, 3.8) is 0 Å². The van der Waals surface area contributed by atoms with Gasteiger partial charge in [-0.05, 0) is 93.3 Å². The second-order valence-corrected chi connectivity index (χ2v) is 17.8. The molecule has 2 aliphatic rings. The predicted molar refractivity (Wildman–Crippen MR) is 220 cm³/mol. The van der Waals surface area contributed by atoms with E-state index in [4.69, 9.17) is 23.7 Å². The van der Waals surface area contributed by atoms with Gasteiger partial charge < -0.3 is 39.0 Å². The number of Topliss-reactive ketones (excluding diaryl/α,β-unsaturated/α-hetero) is 1. The van der Waals surface area contributed by atoms with Crippen LogP contribution in [0.4, 0.5) is 9.18 Å². The topological polar surface area (TPSA) is 180 Å². The molecular weight excluding hydrogens is 786 g/mol. The van der Waals surface area contributed by atoms with Crippen molar-refractivity contribution in [3.8, 4) is 10.7 Å². The van der Waals surface area contributed by atoms with E-state index in [1.807, 2.05) is 51.3 Å². The largest absolute Gasteiger partial charge is 0.455 e. The summed E-state index contributed by atoms with van der Waals surface area (Å²) in [5.41, 5.74) is -5.09. The van der Waals surface area contributed by atoms with E-state index in [1.165, 1.54) is 25.4 Å². The fourth-order valence-corrected chi connectivity index (χ4v) is 9.48. The Hall–Kier alpha value is -3.13. The Morgan fingerprint density at radius 2 is 1.81 bits per heavy atom. The molecule has 2 saturated heterocycles. The number of aliphatic hydroxyl groups excluding tert-OH is 1. The van der Waals surface area contributed by atoms with Gasteiger partial charge >= 0.3 is 12.1 Å². The standard InChI is InChI=1S/C41H68FN7O9S/c1-13-29(47(10)11)31(50)36(55-15-3)57-34-26(5)33(51)40(8,42)37(52)56-30(14-2)41(9)32(27(6)44-23-25(4)22-39(34,7)54-12)49(38(53)58-41)20-17-16-19-48-24-28(45-46-48)35-43-18-21-59-35/h18,21,24-27,29-32,34,36,44,50H,13-17,19-20,22-23H2,1-12H3/t25-,26+,27-,29?,30-,31?,32-,34-,36+,39-,40?,41-/m1/s1. The number of carbonyl (C=O) groups is 3. The molecule has 2 aromatic rings. The highest BCUT2D eigenvalue weighted by atomic mass is 32.1. The SMILES string of the molecule is CCO[C@@H](O[C@@H]1[C@@H](C)C(=O)C(C)(F)C(=O)O[C@H](CC)[C@@]2(C)OC(=O)N(CCCCn3cc(-c4nccs4)nn3)[C@@H]2[C@@H](C)NC[C@H](C)C[C@@]1(C)OC)C(O)C(CC)N(C)C. The molecule has 2 aliphatic heterocycles. The fourth-order valence-electron chi connectivity index (χ4n) is 8.90. The molecule has 2 aromatic heterocycles.